The van der Waals surface area contributed by atoms with Gasteiger partial charge in [0.15, 0.2) is 0 Å². The number of esters is 1. The van der Waals surface area contributed by atoms with Crippen LogP contribution in [-0.2, 0) is 9.53 Å². The number of benzene rings is 1. The van der Waals surface area contributed by atoms with E-state index in [-0.39, 0.29) is 18.1 Å². The maximum absolute atomic E-state index is 11.9. The standard InChI is InChI=1S/C15H21NO3/c1-15(2,3)19-14(17)13-9-12(10-16-13)18-11-7-5-4-6-8-11/h4-8,12-13,16H,9-10H2,1-3H3/t12-,13-/m0/s1. The molecule has 1 aliphatic rings. The van der Waals surface area contributed by atoms with Gasteiger partial charge in [0.25, 0.3) is 0 Å². The van der Waals surface area contributed by atoms with E-state index in [1.165, 1.54) is 0 Å². The Morgan fingerprint density at radius 2 is 1.95 bits per heavy atom. The third-order valence-electron chi connectivity index (χ3n) is 2.83. The van der Waals surface area contributed by atoms with Crippen LogP contribution in [0.15, 0.2) is 30.3 Å². The number of carbonyl (C=O) groups excluding carboxylic acids is 1. The highest BCUT2D eigenvalue weighted by Gasteiger charge is 2.33. The molecule has 0 radical (unpaired) electrons. The van der Waals surface area contributed by atoms with Crippen molar-refractivity contribution < 1.29 is 14.3 Å². The van der Waals surface area contributed by atoms with Gasteiger partial charge >= 0.3 is 5.97 Å². The Balaban J connectivity index is 1.85. The van der Waals surface area contributed by atoms with Crippen LogP contribution in [0, 0.1) is 0 Å². The van der Waals surface area contributed by atoms with Gasteiger partial charge in [-0.2, -0.15) is 0 Å². The molecule has 0 aromatic heterocycles. The molecule has 1 N–H and O–H groups in total. The fourth-order valence-corrected chi connectivity index (χ4v) is 2.04. The monoisotopic (exact) mass is 263 g/mol. The molecule has 0 bridgehead atoms. The van der Waals surface area contributed by atoms with Gasteiger partial charge in [-0.15, -0.1) is 0 Å². The molecular formula is C15H21NO3. The molecule has 104 valence electrons. The molecule has 19 heavy (non-hydrogen) atoms. The second-order valence-electron chi connectivity index (χ2n) is 5.78. The zero-order chi connectivity index (χ0) is 13.9. The Hall–Kier alpha value is -1.55. The second kappa shape index (κ2) is 5.61. The zero-order valence-electron chi connectivity index (χ0n) is 11.7. The topological polar surface area (TPSA) is 47.6 Å². The van der Waals surface area contributed by atoms with E-state index >= 15 is 0 Å². The normalized spacial score (nSPS) is 23.1. The molecular weight excluding hydrogens is 242 g/mol. The minimum atomic E-state index is -0.447. The minimum absolute atomic E-state index is 0.0138. The second-order valence-corrected chi connectivity index (χ2v) is 5.78. The Labute approximate surface area is 114 Å². The summed E-state index contributed by atoms with van der Waals surface area (Å²) >= 11 is 0. The molecule has 1 aromatic rings. The summed E-state index contributed by atoms with van der Waals surface area (Å²) in [4.78, 5) is 11.9. The largest absolute Gasteiger partial charge is 0.489 e. The highest BCUT2D eigenvalue weighted by atomic mass is 16.6. The summed E-state index contributed by atoms with van der Waals surface area (Å²) in [6.45, 7) is 6.28. The molecule has 1 saturated heterocycles. The van der Waals surface area contributed by atoms with Gasteiger partial charge < -0.3 is 14.8 Å². The van der Waals surface area contributed by atoms with E-state index < -0.39 is 5.60 Å². The first-order valence-electron chi connectivity index (χ1n) is 6.62. The molecule has 2 atom stereocenters. The molecule has 1 aromatic carbocycles. The van der Waals surface area contributed by atoms with Crippen molar-refractivity contribution in [2.45, 2.75) is 44.9 Å². The van der Waals surface area contributed by atoms with Crippen molar-refractivity contribution in [3.05, 3.63) is 30.3 Å². The van der Waals surface area contributed by atoms with Gasteiger partial charge in [-0.3, -0.25) is 4.79 Å². The van der Waals surface area contributed by atoms with Crippen molar-refractivity contribution in [1.82, 2.24) is 5.32 Å². The van der Waals surface area contributed by atoms with Gasteiger partial charge in [-0.1, -0.05) is 18.2 Å². The summed E-state index contributed by atoms with van der Waals surface area (Å²) < 4.78 is 11.2. The fourth-order valence-electron chi connectivity index (χ4n) is 2.04. The van der Waals surface area contributed by atoms with Crippen molar-refractivity contribution in [2.75, 3.05) is 6.54 Å². The zero-order valence-corrected chi connectivity index (χ0v) is 11.7. The number of carbonyl (C=O) groups is 1. The molecule has 4 heteroatoms. The molecule has 0 saturated carbocycles. The highest BCUT2D eigenvalue weighted by Crippen LogP contribution is 2.18. The number of hydrogen-bond donors (Lipinski definition) is 1. The predicted octanol–water partition coefficient (Wildman–Crippen LogP) is 2.14. The Morgan fingerprint density at radius 1 is 1.26 bits per heavy atom. The van der Waals surface area contributed by atoms with E-state index in [1.807, 2.05) is 51.1 Å². The van der Waals surface area contributed by atoms with Crippen LogP contribution < -0.4 is 10.1 Å². The van der Waals surface area contributed by atoms with E-state index in [1.54, 1.807) is 0 Å². The Kier molecular flexibility index (Phi) is 4.10. The van der Waals surface area contributed by atoms with E-state index in [2.05, 4.69) is 5.32 Å². The number of rotatable bonds is 3. The van der Waals surface area contributed by atoms with Crippen LogP contribution in [-0.4, -0.2) is 30.3 Å². The van der Waals surface area contributed by atoms with Crippen LogP contribution in [0.5, 0.6) is 5.75 Å². The summed E-state index contributed by atoms with van der Waals surface area (Å²) in [6.07, 6.45) is 0.656. The van der Waals surface area contributed by atoms with Crippen molar-refractivity contribution >= 4 is 5.97 Å². The molecule has 0 unspecified atom stereocenters. The van der Waals surface area contributed by atoms with Crippen LogP contribution in [0.1, 0.15) is 27.2 Å². The smallest absolute Gasteiger partial charge is 0.323 e. The van der Waals surface area contributed by atoms with E-state index in [0.29, 0.717) is 13.0 Å². The average Bonchev–Trinajstić information content (AvgIpc) is 2.77. The van der Waals surface area contributed by atoms with Gasteiger partial charge in [0.05, 0.1) is 0 Å². The number of para-hydroxylation sites is 1. The fraction of sp³-hybridized carbons (Fsp3) is 0.533. The summed E-state index contributed by atoms with van der Waals surface area (Å²) in [5, 5.41) is 3.15. The molecule has 4 nitrogen and oxygen atoms in total. The number of hydrogen-bond acceptors (Lipinski definition) is 4. The third-order valence-corrected chi connectivity index (χ3v) is 2.83. The lowest BCUT2D eigenvalue weighted by atomic mass is 10.1. The molecule has 1 fully saturated rings. The first-order valence-corrected chi connectivity index (χ1v) is 6.62. The van der Waals surface area contributed by atoms with Crippen molar-refractivity contribution in [3.63, 3.8) is 0 Å². The average molecular weight is 263 g/mol. The lowest BCUT2D eigenvalue weighted by molar-refractivity contribution is -0.157. The van der Waals surface area contributed by atoms with Crippen LogP contribution in [0.25, 0.3) is 0 Å². The maximum atomic E-state index is 11.9. The van der Waals surface area contributed by atoms with Gasteiger partial charge in [0.1, 0.15) is 23.5 Å². The van der Waals surface area contributed by atoms with Crippen LogP contribution in [0.3, 0.4) is 0 Å². The van der Waals surface area contributed by atoms with Gasteiger partial charge in [0, 0.05) is 13.0 Å². The van der Waals surface area contributed by atoms with Gasteiger partial charge in [-0.25, -0.2) is 0 Å². The van der Waals surface area contributed by atoms with Crippen LogP contribution >= 0.6 is 0 Å². The third kappa shape index (κ3) is 4.24. The molecule has 0 aliphatic carbocycles. The minimum Gasteiger partial charge on any atom is -0.489 e. The maximum Gasteiger partial charge on any atom is 0.323 e. The van der Waals surface area contributed by atoms with E-state index in [0.717, 1.165) is 5.75 Å². The van der Waals surface area contributed by atoms with Crippen LogP contribution in [0.4, 0.5) is 0 Å². The Bertz CT molecular complexity index is 425. The summed E-state index contributed by atoms with van der Waals surface area (Å²) in [5.41, 5.74) is -0.447. The van der Waals surface area contributed by atoms with E-state index in [9.17, 15) is 4.79 Å². The highest BCUT2D eigenvalue weighted by molar-refractivity contribution is 5.76. The molecule has 0 amide bonds. The van der Waals surface area contributed by atoms with Gasteiger partial charge in [-0.05, 0) is 32.9 Å². The first kappa shape index (κ1) is 13.9. The van der Waals surface area contributed by atoms with Crippen LogP contribution in [0.2, 0.25) is 0 Å². The SMILES string of the molecule is CC(C)(C)OC(=O)[C@@H]1C[C@H](Oc2ccccc2)CN1. The van der Waals surface area contributed by atoms with Crippen molar-refractivity contribution in [2.24, 2.45) is 0 Å². The van der Waals surface area contributed by atoms with E-state index in [4.69, 9.17) is 9.47 Å². The lowest BCUT2D eigenvalue weighted by Crippen LogP contribution is -2.37. The molecule has 2 rings (SSSR count). The predicted molar refractivity (Wildman–Crippen MR) is 73.1 cm³/mol. The quantitative estimate of drug-likeness (QED) is 0.849. The molecule has 1 heterocycles. The summed E-state index contributed by atoms with van der Waals surface area (Å²) in [6, 6.07) is 9.38. The lowest BCUT2D eigenvalue weighted by Gasteiger charge is -2.22. The number of nitrogens with one attached hydrogen (secondary N) is 1. The Morgan fingerprint density at radius 3 is 2.58 bits per heavy atom. The van der Waals surface area contributed by atoms with Gasteiger partial charge in [0.2, 0.25) is 0 Å². The summed E-state index contributed by atoms with van der Waals surface area (Å²) in [7, 11) is 0. The number of ether oxygens (including phenoxy) is 2. The van der Waals surface area contributed by atoms with Crippen molar-refractivity contribution in [3.8, 4) is 5.75 Å². The summed E-state index contributed by atoms with van der Waals surface area (Å²) in [5.74, 6) is 0.630. The van der Waals surface area contributed by atoms with Crippen molar-refractivity contribution in [1.29, 1.82) is 0 Å². The molecule has 0 spiro atoms. The first-order chi connectivity index (χ1) is 8.94. The molecule has 1 aliphatic heterocycles.